The van der Waals surface area contributed by atoms with Crippen molar-refractivity contribution in [3.63, 3.8) is 0 Å². The van der Waals surface area contributed by atoms with Gasteiger partial charge in [-0.05, 0) is 50.3 Å². The summed E-state index contributed by atoms with van der Waals surface area (Å²) in [6.45, 7) is 4.12. The summed E-state index contributed by atoms with van der Waals surface area (Å²) in [5.74, 6) is 0.857. The molecular weight excluding hydrogens is 360 g/mol. The van der Waals surface area contributed by atoms with Crippen molar-refractivity contribution in [1.82, 2.24) is 5.32 Å². The van der Waals surface area contributed by atoms with Gasteiger partial charge in [0.1, 0.15) is 5.75 Å². The van der Waals surface area contributed by atoms with Crippen molar-refractivity contribution < 1.29 is 4.74 Å². The van der Waals surface area contributed by atoms with Crippen LogP contribution < -0.4 is 15.4 Å². The maximum atomic E-state index is 5.43. The standard InChI is InChI=1S/C17H19BrN2OS/c1-11-7-8-16(21-3)15(9-11)12(2)19-17(22)20-14-6-4-5-13(18)10-14/h4-10,12H,1-3H3,(H2,19,20,22)/t12-/m0/s1. The Bertz CT molecular complexity index is 675. The third-order valence-corrected chi connectivity index (χ3v) is 3.99. The molecule has 0 aliphatic carbocycles. The van der Waals surface area contributed by atoms with Gasteiger partial charge in [-0.25, -0.2) is 0 Å². The molecule has 22 heavy (non-hydrogen) atoms. The average molecular weight is 379 g/mol. The van der Waals surface area contributed by atoms with Gasteiger partial charge in [0.25, 0.3) is 0 Å². The molecular formula is C17H19BrN2OS. The second-order valence-electron chi connectivity index (χ2n) is 5.08. The number of anilines is 1. The fourth-order valence-corrected chi connectivity index (χ4v) is 2.89. The van der Waals surface area contributed by atoms with Crippen LogP contribution in [0.4, 0.5) is 5.69 Å². The van der Waals surface area contributed by atoms with Crippen LogP contribution in [0.1, 0.15) is 24.1 Å². The molecule has 0 aromatic heterocycles. The van der Waals surface area contributed by atoms with E-state index in [4.69, 9.17) is 17.0 Å². The molecule has 0 saturated heterocycles. The summed E-state index contributed by atoms with van der Waals surface area (Å²) < 4.78 is 6.44. The van der Waals surface area contributed by atoms with Crippen molar-refractivity contribution >= 4 is 38.9 Å². The van der Waals surface area contributed by atoms with Crippen LogP contribution in [0.15, 0.2) is 46.9 Å². The number of thiocarbonyl (C=S) groups is 1. The largest absolute Gasteiger partial charge is 0.496 e. The minimum Gasteiger partial charge on any atom is -0.496 e. The first-order valence-corrected chi connectivity index (χ1v) is 8.17. The van der Waals surface area contributed by atoms with E-state index in [1.807, 2.05) is 36.4 Å². The molecule has 5 heteroatoms. The lowest BCUT2D eigenvalue weighted by molar-refractivity contribution is 0.405. The molecule has 0 aliphatic rings. The van der Waals surface area contributed by atoms with Gasteiger partial charge in [-0.3, -0.25) is 0 Å². The summed E-state index contributed by atoms with van der Waals surface area (Å²) >= 11 is 8.84. The van der Waals surface area contributed by atoms with E-state index in [2.05, 4.69) is 46.5 Å². The molecule has 0 spiro atoms. The number of ether oxygens (including phenoxy) is 1. The van der Waals surface area contributed by atoms with Crippen molar-refractivity contribution in [3.05, 3.63) is 58.1 Å². The number of nitrogens with one attached hydrogen (secondary N) is 2. The second-order valence-corrected chi connectivity index (χ2v) is 6.40. The van der Waals surface area contributed by atoms with E-state index >= 15 is 0 Å². The predicted octanol–water partition coefficient (Wildman–Crippen LogP) is 4.81. The van der Waals surface area contributed by atoms with Gasteiger partial charge < -0.3 is 15.4 Å². The van der Waals surface area contributed by atoms with Crippen molar-refractivity contribution in [1.29, 1.82) is 0 Å². The SMILES string of the molecule is COc1ccc(C)cc1[C@H](C)NC(=S)Nc1cccc(Br)c1. The van der Waals surface area contributed by atoms with E-state index < -0.39 is 0 Å². The Hall–Kier alpha value is -1.59. The average Bonchev–Trinajstić information content (AvgIpc) is 2.47. The van der Waals surface area contributed by atoms with Gasteiger partial charge in [-0.2, -0.15) is 0 Å². The monoisotopic (exact) mass is 378 g/mol. The number of hydrogen-bond donors (Lipinski definition) is 2. The maximum absolute atomic E-state index is 5.43. The highest BCUT2D eigenvalue weighted by atomic mass is 79.9. The lowest BCUT2D eigenvalue weighted by Gasteiger charge is -2.20. The normalized spacial score (nSPS) is 11.6. The number of benzene rings is 2. The molecule has 0 saturated carbocycles. The van der Waals surface area contributed by atoms with E-state index in [9.17, 15) is 0 Å². The van der Waals surface area contributed by atoms with E-state index in [0.717, 1.165) is 21.5 Å². The third kappa shape index (κ3) is 4.45. The van der Waals surface area contributed by atoms with Crippen LogP contribution in [0.3, 0.4) is 0 Å². The van der Waals surface area contributed by atoms with Crippen LogP contribution in [0, 0.1) is 6.92 Å². The van der Waals surface area contributed by atoms with E-state index in [1.54, 1.807) is 7.11 Å². The van der Waals surface area contributed by atoms with Gasteiger partial charge in [-0.15, -0.1) is 0 Å². The van der Waals surface area contributed by atoms with E-state index in [-0.39, 0.29) is 6.04 Å². The summed E-state index contributed by atoms with van der Waals surface area (Å²) in [6, 6.07) is 14.0. The fourth-order valence-electron chi connectivity index (χ4n) is 2.20. The summed E-state index contributed by atoms with van der Waals surface area (Å²) in [5, 5.41) is 7.05. The molecule has 0 unspecified atom stereocenters. The fraction of sp³-hybridized carbons (Fsp3) is 0.235. The van der Waals surface area contributed by atoms with E-state index in [1.165, 1.54) is 5.56 Å². The van der Waals surface area contributed by atoms with Crippen LogP contribution >= 0.6 is 28.1 Å². The Kier molecular flexibility index (Phi) is 5.80. The van der Waals surface area contributed by atoms with Crippen molar-refractivity contribution in [2.75, 3.05) is 12.4 Å². The Morgan fingerprint density at radius 2 is 2.00 bits per heavy atom. The maximum Gasteiger partial charge on any atom is 0.171 e. The van der Waals surface area contributed by atoms with Gasteiger partial charge in [0.2, 0.25) is 0 Å². The first kappa shape index (κ1) is 16.8. The third-order valence-electron chi connectivity index (χ3n) is 3.28. The van der Waals surface area contributed by atoms with Gasteiger partial charge in [0.15, 0.2) is 5.11 Å². The van der Waals surface area contributed by atoms with Crippen molar-refractivity contribution in [3.8, 4) is 5.75 Å². The lowest BCUT2D eigenvalue weighted by atomic mass is 10.0. The molecule has 0 bridgehead atoms. The molecule has 1 atom stereocenters. The number of methoxy groups -OCH3 is 1. The highest BCUT2D eigenvalue weighted by Crippen LogP contribution is 2.26. The molecule has 0 fully saturated rings. The zero-order valence-corrected chi connectivity index (χ0v) is 15.2. The summed E-state index contributed by atoms with van der Waals surface area (Å²) in [7, 11) is 1.68. The quantitative estimate of drug-likeness (QED) is 0.747. The number of hydrogen-bond acceptors (Lipinski definition) is 2. The molecule has 0 radical (unpaired) electrons. The molecule has 116 valence electrons. The molecule has 3 nitrogen and oxygen atoms in total. The van der Waals surface area contributed by atoms with Crippen molar-refractivity contribution in [2.45, 2.75) is 19.9 Å². The first-order valence-electron chi connectivity index (χ1n) is 6.97. The summed E-state index contributed by atoms with van der Waals surface area (Å²) in [5.41, 5.74) is 3.21. The molecule has 0 aliphatic heterocycles. The number of aryl methyl sites for hydroxylation is 1. The Balaban J connectivity index is 2.06. The lowest BCUT2D eigenvalue weighted by Crippen LogP contribution is -2.31. The topological polar surface area (TPSA) is 33.3 Å². The van der Waals surface area contributed by atoms with E-state index in [0.29, 0.717) is 5.11 Å². The summed E-state index contributed by atoms with van der Waals surface area (Å²) in [4.78, 5) is 0. The van der Waals surface area contributed by atoms with Crippen molar-refractivity contribution in [2.24, 2.45) is 0 Å². The van der Waals surface area contributed by atoms with Gasteiger partial charge in [0.05, 0.1) is 13.2 Å². The van der Waals surface area contributed by atoms with Crippen LogP contribution in [0.2, 0.25) is 0 Å². The van der Waals surface area contributed by atoms with Crippen LogP contribution in [-0.2, 0) is 0 Å². The number of halogens is 1. The number of rotatable bonds is 4. The molecule has 2 aromatic carbocycles. The Labute approximate surface area is 145 Å². The van der Waals surface area contributed by atoms with Gasteiger partial charge in [0, 0.05) is 15.7 Å². The van der Waals surface area contributed by atoms with Crippen LogP contribution in [-0.4, -0.2) is 12.2 Å². The minimum absolute atomic E-state index is 0.0435. The highest BCUT2D eigenvalue weighted by molar-refractivity contribution is 9.10. The van der Waals surface area contributed by atoms with Gasteiger partial charge in [-0.1, -0.05) is 39.7 Å². The smallest absolute Gasteiger partial charge is 0.171 e. The minimum atomic E-state index is 0.0435. The van der Waals surface area contributed by atoms with Gasteiger partial charge >= 0.3 is 0 Å². The molecule has 2 aromatic rings. The zero-order valence-electron chi connectivity index (χ0n) is 12.8. The molecule has 2 N–H and O–H groups in total. The highest BCUT2D eigenvalue weighted by Gasteiger charge is 2.12. The summed E-state index contributed by atoms with van der Waals surface area (Å²) in [6.07, 6.45) is 0. The zero-order chi connectivity index (χ0) is 16.1. The second kappa shape index (κ2) is 7.61. The molecule has 0 heterocycles. The molecule has 0 amide bonds. The van der Waals surface area contributed by atoms with Crippen LogP contribution in [0.25, 0.3) is 0 Å². The Morgan fingerprint density at radius 1 is 1.23 bits per heavy atom. The Morgan fingerprint density at radius 3 is 2.68 bits per heavy atom. The predicted molar refractivity (Wildman–Crippen MR) is 99.6 cm³/mol. The first-order chi connectivity index (χ1) is 10.5. The molecule has 2 rings (SSSR count). The van der Waals surface area contributed by atoms with Crippen LogP contribution in [0.5, 0.6) is 5.75 Å².